The van der Waals surface area contributed by atoms with Gasteiger partial charge in [-0.05, 0) is 61.9 Å². The molecule has 1 atom stereocenters. The first-order valence-corrected chi connectivity index (χ1v) is 11.8. The van der Waals surface area contributed by atoms with Crippen LogP contribution in [0.3, 0.4) is 0 Å². The minimum absolute atomic E-state index is 0.171. The number of nitrogens with one attached hydrogen (secondary N) is 1. The predicted octanol–water partition coefficient (Wildman–Crippen LogP) is 4.22. The number of hydrogen-bond donors (Lipinski definition) is 1. The van der Waals surface area contributed by atoms with Gasteiger partial charge in [0.1, 0.15) is 0 Å². The van der Waals surface area contributed by atoms with Crippen molar-refractivity contribution in [2.24, 2.45) is 0 Å². The lowest BCUT2D eigenvalue weighted by molar-refractivity contribution is 0.0939. The van der Waals surface area contributed by atoms with E-state index in [1.165, 1.54) is 15.9 Å². The molecule has 0 radical (unpaired) electrons. The third-order valence-corrected chi connectivity index (χ3v) is 7.54. The molecular weight excluding hydrogens is 384 g/mol. The Labute approximate surface area is 174 Å². The van der Waals surface area contributed by atoms with Crippen LogP contribution in [0.4, 0.5) is 0 Å². The van der Waals surface area contributed by atoms with Gasteiger partial charge in [-0.25, -0.2) is 8.42 Å². The number of carbonyl (C=O) groups excluding carboxylic acids is 1. The molecule has 29 heavy (non-hydrogen) atoms. The van der Waals surface area contributed by atoms with Crippen LogP contribution in [-0.2, 0) is 16.4 Å². The van der Waals surface area contributed by atoms with E-state index < -0.39 is 10.0 Å². The van der Waals surface area contributed by atoms with Crippen molar-refractivity contribution in [3.05, 3.63) is 64.7 Å². The summed E-state index contributed by atoms with van der Waals surface area (Å²) < 4.78 is 27.5. The molecule has 0 spiro atoms. The number of carbonyl (C=O) groups is 1. The summed E-state index contributed by atoms with van der Waals surface area (Å²) in [6, 6.07) is 12.8. The van der Waals surface area contributed by atoms with E-state index in [4.69, 9.17) is 0 Å². The Morgan fingerprint density at radius 2 is 1.72 bits per heavy atom. The van der Waals surface area contributed by atoms with Gasteiger partial charge in [0.05, 0.1) is 10.9 Å². The van der Waals surface area contributed by atoms with Crippen molar-refractivity contribution in [1.82, 2.24) is 9.62 Å². The molecule has 156 valence electrons. The van der Waals surface area contributed by atoms with Gasteiger partial charge >= 0.3 is 0 Å². The highest BCUT2D eigenvalue weighted by Gasteiger charge is 2.27. The van der Waals surface area contributed by atoms with E-state index in [2.05, 4.69) is 24.4 Å². The second-order valence-corrected chi connectivity index (χ2v) is 9.67. The van der Waals surface area contributed by atoms with Crippen LogP contribution in [0.15, 0.2) is 47.4 Å². The van der Waals surface area contributed by atoms with Gasteiger partial charge in [0.2, 0.25) is 10.0 Å². The van der Waals surface area contributed by atoms with Gasteiger partial charge < -0.3 is 5.32 Å². The Balaban J connectivity index is 1.80. The van der Waals surface area contributed by atoms with Crippen molar-refractivity contribution in [1.29, 1.82) is 0 Å². The van der Waals surface area contributed by atoms with Gasteiger partial charge in [0, 0.05) is 18.7 Å². The number of nitrogens with zero attached hydrogens (tertiary/aromatic N) is 1. The molecule has 0 saturated carbocycles. The number of aryl methyl sites for hydroxylation is 2. The van der Waals surface area contributed by atoms with Crippen molar-refractivity contribution in [3.8, 4) is 0 Å². The predicted molar refractivity (Wildman–Crippen MR) is 115 cm³/mol. The van der Waals surface area contributed by atoms with Crippen LogP contribution < -0.4 is 5.32 Å². The zero-order valence-electron chi connectivity index (χ0n) is 17.4. The highest BCUT2D eigenvalue weighted by molar-refractivity contribution is 7.89. The maximum absolute atomic E-state index is 13.0. The summed E-state index contributed by atoms with van der Waals surface area (Å²) in [6.45, 7) is 6.95. The van der Waals surface area contributed by atoms with Crippen molar-refractivity contribution < 1.29 is 13.2 Å². The Hall–Kier alpha value is -2.18. The molecule has 1 N–H and O–H groups in total. The smallest absolute Gasteiger partial charge is 0.252 e. The third-order valence-electron chi connectivity index (χ3n) is 5.64. The summed E-state index contributed by atoms with van der Waals surface area (Å²) >= 11 is 0. The van der Waals surface area contributed by atoms with Crippen LogP contribution in [0.2, 0.25) is 0 Å². The van der Waals surface area contributed by atoms with E-state index >= 15 is 0 Å². The highest BCUT2D eigenvalue weighted by atomic mass is 32.2. The molecule has 2 aromatic carbocycles. The topological polar surface area (TPSA) is 66.5 Å². The molecule has 1 heterocycles. The molecule has 1 amide bonds. The second-order valence-electron chi connectivity index (χ2n) is 7.73. The Morgan fingerprint density at radius 1 is 1.07 bits per heavy atom. The van der Waals surface area contributed by atoms with Gasteiger partial charge in [-0.3, -0.25) is 4.79 Å². The average Bonchev–Trinajstić information content (AvgIpc) is 2.74. The van der Waals surface area contributed by atoms with Gasteiger partial charge in [0.25, 0.3) is 5.91 Å². The molecule has 6 heteroatoms. The average molecular weight is 415 g/mol. The number of benzene rings is 2. The Bertz CT molecular complexity index is 962. The molecule has 0 aromatic heterocycles. The minimum atomic E-state index is -3.57. The van der Waals surface area contributed by atoms with Crippen molar-refractivity contribution >= 4 is 15.9 Å². The lowest BCUT2D eigenvalue weighted by Gasteiger charge is -2.26. The standard InChI is InChI=1S/C23H30N2O3S/c1-4-19-9-11-20(12-10-19)18(3)24-23(26)22-16-21(13-8-17(22)2)29(27,28)25-14-6-5-7-15-25/h8-13,16,18H,4-7,14-15H2,1-3H3,(H,24,26)/t18-/m1/s1. The summed E-state index contributed by atoms with van der Waals surface area (Å²) in [4.78, 5) is 13.1. The third kappa shape index (κ3) is 4.87. The summed E-state index contributed by atoms with van der Waals surface area (Å²) in [5.74, 6) is -0.259. The van der Waals surface area contributed by atoms with Gasteiger partial charge in [0.15, 0.2) is 0 Å². The quantitative estimate of drug-likeness (QED) is 0.769. The minimum Gasteiger partial charge on any atom is -0.346 e. The molecule has 5 nitrogen and oxygen atoms in total. The summed E-state index contributed by atoms with van der Waals surface area (Å²) in [5, 5.41) is 3.00. The Kier molecular flexibility index (Phi) is 6.75. The van der Waals surface area contributed by atoms with Crippen LogP contribution in [0.5, 0.6) is 0 Å². The monoisotopic (exact) mass is 414 g/mol. The second kappa shape index (κ2) is 9.09. The first-order valence-electron chi connectivity index (χ1n) is 10.3. The summed E-state index contributed by atoms with van der Waals surface area (Å²) in [6.07, 6.45) is 3.79. The van der Waals surface area contributed by atoms with Gasteiger partial charge in [-0.15, -0.1) is 0 Å². The molecule has 1 saturated heterocycles. The van der Waals surface area contributed by atoms with E-state index in [0.717, 1.165) is 36.8 Å². The molecule has 0 aliphatic carbocycles. The molecule has 1 aliphatic heterocycles. The van der Waals surface area contributed by atoms with Gasteiger partial charge in [-0.2, -0.15) is 4.31 Å². The molecule has 0 bridgehead atoms. The number of piperidine rings is 1. The maximum Gasteiger partial charge on any atom is 0.252 e. The SMILES string of the molecule is CCc1ccc([C@@H](C)NC(=O)c2cc(S(=O)(=O)N3CCCCC3)ccc2C)cc1. The van der Waals surface area contributed by atoms with E-state index in [1.807, 2.05) is 26.0 Å². The van der Waals surface area contributed by atoms with Crippen LogP contribution in [0.25, 0.3) is 0 Å². The summed E-state index contributed by atoms with van der Waals surface area (Å²) in [7, 11) is -3.57. The molecule has 0 unspecified atom stereocenters. The molecule has 1 fully saturated rings. The molecule has 1 aliphatic rings. The fourth-order valence-electron chi connectivity index (χ4n) is 3.66. The van der Waals surface area contributed by atoms with Crippen molar-refractivity contribution in [2.75, 3.05) is 13.1 Å². The molecule has 2 aromatic rings. The zero-order valence-corrected chi connectivity index (χ0v) is 18.3. The number of amides is 1. The number of hydrogen-bond acceptors (Lipinski definition) is 3. The number of rotatable bonds is 6. The number of sulfonamides is 1. The van der Waals surface area contributed by atoms with Crippen LogP contribution >= 0.6 is 0 Å². The first-order chi connectivity index (χ1) is 13.8. The van der Waals surface area contributed by atoms with E-state index in [1.54, 1.807) is 12.1 Å². The van der Waals surface area contributed by atoms with Crippen molar-refractivity contribution in [2.45, 2.75) is 57.4 Å². The van der Waals surface area contributed by atoms with Crippen LogP contribution in [-0.4, -0.2) is 31.7 Å². The zero-order chi connectivity index (χ0) is 21.0. The van der Waals surface area contributed by atoms with Crippen LogP contribution in [0.1, 0.15) is 66.2 Å². The normalized spacial score (nSPS) is 16.4. The largest absolute Gasteiger partial charge is 0.346 e. The fourth-order valence-corrected chi connectivity index (χ4v) is 5.20. The van der Waals surface area contributed by atoms with Crippen molar-refractivity contribution in [3.63, 3.8) is 0 Å². The molecule has 3 rings (SSSR count). The lowest BCUT2D eigenvalue weighted by atomic mass is 10.0. The highest BCUT2D eigenvalue weighted by Crippen LogP contribution is 2.23. The summed E-state index contributed by atoms with van der Waals surface area (Å²) in [5.41, 5.74) is 3.43. The van der Waals surface area contributed by atoms with E-state index in [9.17, 15) is 13.2 Å². The van der Waals surface area contributed by atoms with Gasteiger partial charge in [-0.1, -0.05) is 43.7 Å². The van der Waals surface area contributed by atoms with E-state index in [-0.39, 0.29) is 16.8 Å². The van der Waals surface area contributed by atoms with Crippen LogP contribution in [0, 0.1) is 6.92 Å². The molecular formula is C23H30N2O3S. The Morgan fingerprint density at radius 3 is 2.34 bits per heavy atom. The first kappa shape index (κ1) is 21.5. The van der Waals surface area contributed by atoms with E-state index in [0.29, 0.717) is 18.7 Å². The lowest BCUT2D eigenvalue weighted by Crippen LogP contribution is -2.35. The fraction of sp³-hybridized carbons (Fsp3) is 0.435. The maximum atomic E-state index is 13.0.